The number of aromatic hydroxyl groups is 1. The summed E-state index contributed by atoms with van der Waals surface area (Å²) in [7, 11) is 0. The Hall–Kier alpha value is -4.85. The lowest BCUT2D eigenvalue weighted by molar-refractivity contribution is -0.140. The van der Waals surface area contributed by atoms with Crippen molar-refractivity contribution in [1.29, 1.82) is 0 Å². The zero-order chi connectivity index (χ0) is 34.1. The highest BCUT2D eigenvalue weighted by Crippen LogP contribution is 2.30. The number of rotatable bonds is 12. The van der Waals surface area contributed by atoms with Crippen LogP contribution in [-0.2, 0) is 20.7 Å². The summed E-state index contributed by atoms with van der Waals surface area (Å²) in [5.41, 5.74) is 3.12. The van der Waals surface area contributed by atoms with E-state index >= 15 is 0 Å². The summed E-state index contributed by atoms with van der Waals surface area (Å²) < 4.78 is 5.55. The van der Waals surface area contributed by atoms with E-state index in [9.17, 15) is 19.5 Å². The van der Waals surface area contributed by atoms with E-state index in [4.69, 9.17) is 4.74 Å². The first kappa shape index (κ1) is 35.0. The van der Waals surface area contributed by atoms with Gasteiger partial charge in [0.25, 0.3) is 5.91 Å². The molecule has 0 saturated carbocycles. The van der Waals surface area contributed by atoms with Crippen LogP contribution in [0.25, 0.3) is 10.8 Å². The average molecular weight is 638 g/mol. The van der Waals surface area contributed by atoms with Gasteiger partial charge in [-0.15, -0.1) is 0 Å². The van der Waals surface area contributed by atoms with Gasteiger partial charge in [0.15, 0.2) is 0 Å². The lowest BCUT2D eigenvalue weighted by atomic mass is 9.95. The molecule has 248 valence electrons. The molecule has 4 rings (SSSR count). The fourth-order valence-electron chi connectivity index (χ4n) is 5.60. The summed E-state index contributed by atoms with van der Waals surface area (Å²) in [5, 5.41) is 17.8. The Labute approximate surface area is 278 Å². The van der Waals surface area contributed by atoms with Crippen LogP contribution in [0.5, 0.6) is 5.75 Å². The van der Waals surface area contributed by atoms with Crippen molar-refractivity contribution < 1.29 is 24.2 Å². The number of hydrogen-bond donors (Lipinski definition) is 3. The number of nitrogens with one attached hydrogen (secondary N) is 2. The van der Waals surface area contributed by atoms with Gasteiger partial charge in [0.1, 0.15) is 23.4 Å². The van der Waals surface area contributed by atoms with Gasteiger partial charge in [0.2, 0.25) is 5.91 Å². The largest absolute Gasteiger partial charge is 0.508 e. The Balaban J connectivity index is 1.78. The predicted molar refractivity (Wildman–Crippen MR) is 187 cm³/mol. The number of ether oxygens (including phenoxy) is 1. The number of hydrogen-bond acceptors (Lipinski definition) is 5. The van der Waals surface area contributed by atoms with Crippen LogP contribution in [0.2, 0.25) is 0 Å². The zero-order valence-electron chi connectivity index (χ0n) is 28.3. The Morgan fingerprint density at radius 1 is 0.872 bits per heavy atom. The molecule has 2 unspecified atom stereocenters. The molecule has 47 heavy (non-hydrogen) atoms. The van der Waals surface area contributed by atoms with Gasteiger partial charge in [-0.25, -0.2) is 4.79 Å². The monoisotopic (exact) mass is 637 g/mol. The molecule has 3 N–H and O–H groups in total. The molecule has 0 saturated heterocycles. The summed E-state index contributed by atoms with van der Waals surface area (Å²) in [6.45, 7) is 11.6. The number of phenols is 1. The minimum Gasteiger partial charge on any atom is -0.508 e. The maximum Gasteiger partial charge on any atom is 0.408 e. The van der Waals surface area contributed by atoms with Crippen LogP contribution in [0, 0.1) is 13.8 Å². The summed E-state index contributed by atoms with van der Waals surface area (Å²) in [6, 6.07) is 24.1. The minimum absolute atomic E-state index is 0.0956. The zero-order valence-corrected chi connectivity index (χ0v) is 28.3. The average Bonchev–Trinajstić information content (AvgIpc) is 3.01. The third kappa shape index (κ3) is 9.82. The molecule has 0 bridgehead atoms. The number of alkyl carbamates (subject to hydrolysis) is 1. The van der Waals surface area contributed by atoms with Crippen LogP contribution < -0.4 is 10.6 Å². The lowest BCUT2D eigenvalue weighted by Gasteiger charge is -2.35. The van der Waals surface area contributed by atoms with Crippen molar-refractivity contribution >= 4 is 34.4 Å². The molecule has 0 fully saturated rings. The Morgan fingerprint density at radius 2 is 1.57 bits per heavy atom. The maximum absolute atomic E-state index is 14.8. The smallest absolute Gasteiger partial charge is 0.408 e. The first-order valence-corrected chi connectivity index (χ1v) is 16.3. The molecule has 4 aromatic rings. The van der Waals surface area contributed by atoms with E-state index < -0.39 is 29.7 Å². The standard InChI is InChI=1S/C39H47N3O5/c1-7-8-11-22-42(37(45)34(41-38(46)47-39(4,5)6)24-28-16-20-32(43)21-17-28)35(33-23-26(2)14-15-27(33)3)36(44)40-31-19-18-29-12-9-10-13-30(29)25-31/h9-10,12-21,23,25,34-35,43H,7-8,11,22,24H2,1-6H3,(H,40,44)(H,41,46). The van der Waals surface area contributed by atoms with Crippen LogP contribution in [0.1, 0.15) is 75.3 Å². The number of fused-ring (bicyclic) bond motifs is 1. The molecule has 0 aliphatic carbocycles. The van der Waals surface area contributed by atoms with Crippen LogP contribution in [-0.4, -0.2) is 46.1 Å². The molecule has 0 heterocycles. The van der Waals surface area contributed by atoms with E-state index in [-0.39, 0.29) is 18.1 Å². The van der Waals surface area contributed by atoms with Crippen molar-refractivity contribution in [2.24, 2.45) is 0 Å². The van der Waals surface area contributed by atoms with Gasteiger partial charge in [-0.3, -0.25) is 9.59 Å². The van der Waals surface area contributed by atoms with Gasteiger partial charge in [-0.2, -0.15) is 0 Å². The van der Waals surface area contributed by atoms with Crippen LogP contribution in [0.15, 0.2) is 84.9 Å². The first-order chi connectivity index (χ1) is 22.3. The van der Waals surface area contributed by atoms with Crippen LogP contribution in [0.4, 0.5) is 10.5 Å². The molecule has 0 aromatic heterocycles. The molecule has 3 amide bonds. The molecule has 0 radical (unpaired) electrons. The SMILES string of the molecule is CCCCCN(C(=O)C(Cc1ccc(O)cc1)NC(=O)OC(C)(C)C)C(C(=O)Nc1ccc2ccccc2c1)c1cc(C)ccc1C. The highest BCUT2D eigenvalue weighted by molar-refractivity contribution is 6.00. The number of anilines is 1. The van der Waals surface area contributed by atoms with Crippen molar-refractivity contribution in [1.82, 2.24) is 10.2 Å². The molecule has 4 aromatic carbocycles. The van der Waals surface area contributed by atoms with Gasteiger partial charge < -0.3 is 25.4 Å². The second-order valence-electron chi connectivity index (χ2n) is 13.1. The second kappa shape index (κ2) is 15.6. The minimum atomic E-state index is -1.04. The van der Waals surface area contributed by atoms with E-state index in [1.165, 1.54) is 0 Å². The Bertz CT molecular complexity index is 1690. The van der Waals surface area contributed by atoms with Gasteiger partial charge in [0, 0.05) is 18.7 Å². The van der Waals surface area contributed by atoms with Gasteiger partial charge in [0.05, 0.1) is 0 Å². The number of nitrogens with zero attached hydrogens (tertiary/aromatic N) is 1. The van der Waals surface area contributed by atoms with E-state index in [0.717, 1.165) is 40.3 Å². The van der Waals surface area contributed by atoms with Crippen molar-refractivity contribution in [3.8, 4) is 5.75 Å². The Morgan fingerprint density at radius 3 is 2.26 bits per heavy atom. The molecule has 0 aliphatic heterocycles. The fraction of sp³-hybridized carbons (Fsp3) is 0.359. The quantitative estimate of drug-likeness (QED) is 0.137. The normalized spacial score (nSPS) is 12.6. The van der Waals surface area contributed by atoms with E-state index in [2.05, 4.69) is 17.6 Å². The molecular formula is C39H47N3O5. The van der Waals surface area contributed by atoms with Crippen molar-refractivity contribution in [3.63, 3.8) is 0 Å². The number of phenolic OH excluding ortho intramolecular Hbond substituents is 1. The van der Waals surface area contributed by atoms with Crippen molar-refractivity contribution in [2.75, 3.05) is 11.9 Å². The summed E-state index contributed by atoms with van der Waals surface area (Å²) >= 11 is 0. The predicted octanol–water partition coefficient (Wildman–Crippen LogP) is 8.00. The number of unbranched alkanes of at least 4 members (excludes halogenated alkanes) is 2. The fourth-order valence-corrected chi connectivity index (χ4v) is 5.60. The van der Waals surface area contributed by atoms with Crippen molar-refractivity contribution in [2.45, 2.75) is 84.9 Å². The highest BCUT2D eigenvalue weighted by atomic mass is 16.6. The van der Waals surface area contributed by atoms with Gasteiger partial charge in [-0.1, -0.05) is 86.0 Å². The number of amides is 3. The molecule has 8 heteroatoms. The van der Waals surface area contributed by atoms with Crippen molar-refractivity contribution in [3.05, 3.63) is 107 Å². The molecule has 0 spiro atoms. The topological polar surface area (TPSA) is 108 Å². The third-order valence-corrected chi connectivity index (χ3v) is 7.96. The van der Waals surface area contributed by atoms with Gasteiger partial charge >= 0.3 is 6.09 Å². The number of carbonyl (C=O) groups excluding carboxylic acids is 3. The maximum atomic E-state index is 14.8. The van der Waals surface area contributed by atoms with Crippen LogP contribution >= 0.6 is 0 Å². The lowest BCUT2D eigenvalue weighted by Crippen LogP contribution is -2.53. The molecule has 0 aliphatic rings. The van der Waals surface area contributed by atoms with E-state index in [1.54, 1.807) is 49.9 Å². The summed E-state index contributed by atoms with van der Waals surface area (Å²) in [6.07, 6.45) is 1.86. The Kier molecular flexibility index (Phi) is 11.6. The summed E-state index contributed by atoms with van der Waals surface area (Å²) in [4.78, 5) is 44.0. The number of benzene rings is 4. The molecule has 8 nitrogen and oxygen atoms in total. The van der Waals surface area contributed by atoms with E-state index in [1.807, 2.05) is 74.5 Å². The first-order valence-electron chi connectivity index (χ1n) is 16.3. The molecule has 2 atom stereocenters. The van der Waals surface area contributed by atoms with E-state index in [0.29, 0.717) is 24.2 Å². The third-order valence-electron chi connectivity index (χ3n) is 7.96. The molecular weight excluding hydrogens is 590 g/mol. The van der Waals surface area contributed by atoms with Gasteiger partial charge in [-0.05, 0) is 92.8 Å². The number of carbonyl (C=O) groups is 3. The number of aryl methyl sites for hydroxylation is 2. The highest BCUT2D eigenvalue weighted by Gasteiger charge is 2.37. The second-order valence-corrected chi connectivity index (χ2v) is 13.1. The van der Waals surface area contributed by atoms with Crippen LogP contribution in [0.3, 0.4) is 0 Å². The summed E-state index contributed by atoms with van der Waals surface area (Å²) in [5.74, 6) is -0.655.